The Bertz CT molecular complexity index is 965. The van der Waals surface area contributed by atoms with Crippen LogP contribution in [0.5, 0.6) is 0 Å². The summed E-state index contributed by atoms with van der Waals surface area (Å²) in [5, 5.41) is 16.9. The van der Waals surface area contributed by atoms with E-state index in [0.29, 0.717) is 0 Å². The normalized spacial score (nSPS) is 11.8. The molecule has 3 rings (SSSR count). The Hall–Kier alpha value is -2.65. The molecule has 2 aromatic heterocycles. The molecule has 9 heteroatoms. The lowest BCUT2D eigenvalue weighted by molar-refractivity contribution is 0.616. The molecule has 0 aliphatic heterocycles. The number of benzene rings is 1. The fourth-order valence-electron chi connectivity index (χ4n) is 2.49. The van der Waals surface area contributed by atoms with E-state index in [1.54, 1.807) is 0 Å². The summed E-state index contributed by atoms with van der Waals surface area (Å²) in [6, 6.07) is 10.1. The van der Waals surface area contributed by atoms with Gasteiger partial charge in [-0.3, -0.25) is 0 Å². The molecule has 2 heterocycles. The molecule has 138 valence electrons. The predicted molar refractivity (Wildman–Crippen MR) is 102 cm³/mol. The van der Waals surface area contributed by atoms with Gasteiger partial charge in [0.15, 0.2) is 10.9 Å². The summed E-state index contributed by atoms with van der Waals surface area (Å²) in [6.45, 7) is 7.96. The maximum Gasteiger partial charge on any atom is 0.198 e. The number of anilines is 1. The number of nitrogens with one attached hydrogen (secondary N) is 1. The van der Waals surface area contributed by atoms with Gasteiger partial charge in [-0.2, -0.15) is 10.2 Å². The smallest absolute Gasteiger partial charge is 0.198 e. The summed E-state index contributed by atoms with van der Waals surface area (Å²) < 4.78 is 17.6. The molecule has 1 aromatic carbocycles. The first-order valence-corrected chi connectivity index (χ1v) is 9.22. The maximum absolute atomic E-state index is 8.81. The van der Waals surface area contributed by atoms with Gasteiger partial charge < -0.3 is 5.32 Å². The van der Waals surface area contributed by atoms with Gasteiger partial charge >= 0.3 is 0 Å². The van der Waals surface area contributed by atoms with Crippen molar-refractivity contribution in [3.05, 3.63) is 53.1 Å². The molecule has 0 aliphatic rings. The number of hydrogen-bond donors (Lipinski definition) is 3. The monoisotopic (exact) mass is 374 g/mol. The highest BCUT2D eigenvalue weighted by Gasteiger charge is 2.13. The first-order valence-electron chi connectivity index (χ1n) is 7.97. The van der Waals surface area contributed by atoms with Gasteiger partial charge in [-0.05, 0) is 51.5 Å². The van der Waals surface area contributed by atoms with Crippen LogP contribution in [-0.4, -0.2) is 28.6 Å². The van der Waals surface area contributed by atoms with Crippen LogP contribution in [0.2, 0.25) is 0 Å². The average molecular weight is 374 g/mol. The van der Waals surface area contributed by atoms with E-state index < -0.39 is 10.9 Å². The van der Waals surface area contributed by atoms with Gasteiger partial charge in [0.2, 0.25) is 0 Å². The van der Waals surface area contributed by atoms with Gasteiger partial charge in [0, 0.05) is 5.39 Å². The Kier molecular flexibility index (Phi) is 6.53. The van der Waals surface area contributed by atoms with Crippen molar-refractivity contribution in [2.24, 2.45) is 5.14 Å². The number of fused-ring (bicyclic) bond motifs is 1. The van der Waals surface area contributed by atoms with Crippen LogP contribution in [-0.2, 0) is 10.9 Å². The highest BCUT2D eigenvalue weighted by molar-refractivity contribution is 7.69. The number of thiol groups is 1. The van der Waals surface area contributed by atoms with Crippen molar-refractivity contribution in [3.8, 4) is 0 Å². The van der Waals surface area contributed by atoms with Crippen LogP contribution in [0.4, 0.5) is 5.82 Å². The highest BCUT2D eigenvalue weighted by Crippen LogP contribution is 2.26. The number of rotatable bonds is 3. The summed E-state index contributed by atoms with van der Waals surface area (Å²) in [5.74, 6) is 1.60. The first kappa shape index (κ1) is 19.7. The zero-order valence-electron chi connectivity index (χ0n) is 15.1. The Labute approximate surface area is 154 Å². The van der Waals surface area contributed by atoms with Crippen LogP contribution in [0.3, 0.4) is 0 Å². The first-order chi connectivity index (χ1) is 12.3. The van der Waals surface area contributed by atoms with E-state index in [2.05, 4.69) is 50.5 Å². The Balaban J connectivity index is 0.000000552. The zero-order chi connectivity index (χ0) is 19.3. The minimum absolute atomic E-state index is 0.0187. The molecule has 0 fully saturated rings. The fourth-order valence-corrected chi connectivity index (χ4v) is 2.49. The van der Waals surface area contributed by atoms with E-state index in [1.165, 1.54) is 0 Å². The molecule has 0 amide bonds. The van der Waals surface area contributed by atoms with Crippen molar-refractivity contribution in [1.82, 2.24) is 20.2 Å². The average Bonchev–Trinajstić information content (AvgIpc) is 2.54. The van der Waals surface area contributed by atoms with E-state index >= 15 is 0 Å². The third-order valence-corrected chi connectivity index (χ3v) is 3.66. The lowest BCUT2D eigenvalue weighted by Crippen LogP contribution is -2.12. The molecule has 0 radical (unpaired) electrons. The summed E-state index contributed by atoms with van der Waals surface area (Å²) in [6.07, 6.45) is 0. The van der Waals surface area contributed by atoms with E-state index in [0.717, 1.165) is 39.5 Å². The van der Waals surface area contributed by atoms with Crippen LogP contribution < -0.4 is 10.5 Å². The predicted octanol–water partition coefficient (Wildman–Crippen LogP) is 1.99. The molecule has 1 atom stereocenters. The third kappa shape index (κ3) is 5.17. The number of aromatic nitrogens is 4. The lowest BCUT2D eigenvalue weighted by Gasteiger charge is -2.16. The molecule has 0 saturated heterocycles. The molecule has 3 N–H and O–H groups in total. The molecule has 8 nitrogen and oxygen atoms in total. The SMILES string of the molecule is Cc1ccc(C(C)Nc2nc(C)nc3cccc(C)c23)nn1.N[SH](=O)=O. The Morgan fingerprint density at radius 3 is 2.35 bits per heavy atom. The van der Waals surface area contributed by atoms with Gasteiger partial charge in [0.1, 0.15) is 11.6 Å². The topological polar surface area (TPSA) is 124 Å². The highest BCUT2D eigenvalue weighted by atomic mass is 32.2. The second-order valence-electron chi connectivity index (χ2n) is 5.84. The van der Waals surface area contributed by atoms with Gasteiger partial charge in [0.05, 0.1) is 22.9 Å². The van der Waals surface area contributed by atoms with Crippen LogP contribution in [0, 0.1) is 20.8 Å². The summed E-state index contributed by atoms with van der Waals surface area (Å²) in [5.41, 5.74) is 3.91. The van der Waals surface area contributed by atoms with E-state index in [-0.39, 0.29) is 6.04 Å². The van der Waals surface area contributed by atoms with Crippen LogP contribution in [0.25, 0.3) is 10.9 Å². The number of hydrogen-bond acceptors (Lipinski definition) is 7. The quantitative estimate of drug-likeness (QED) is 0.599. The van der Waals surface area contributed by atoms with Gasteiger partial charge in [0.25, 0.3) is 0 Å². The maximum atomic E-state index is 8.81. The summed E-state index contributed by atoms with van der Waals surface area (Å²) in [7, 11) is -2.62. The van der Waals surface area contributed by atoms with Gasteiger partial charge in [-0.1, -0.05) is 12.1 Å². The van der Waals surface area contributed by atoms with Crippen molar-refractivity contribution in [3.63, 3.8) is 0 Å². The van der Waals surface area contributed by atoms with E-state index in [9.17, 15) is 0 Å². The molecular formula is C17H22N6O2S. The van der Waals surface area contributed by atoms with Crippen molar-refractivity contribution in [2.75, 3.05) is 5.32 Å². The fraction of sp³-hybridized carbons (Fsp3) is 0.294. The molecule has 26 heavy (non-hydrogen) atoms. The molecule has 3 aromatic rings. The Morgan fingerprint density at radius 2 is 1.73 bits per heavy atom. The molecule has 1 unspecified atom stereocenters. The van der Waals surface area contributed by atoms with Crippen LogP contribution in [0.1, 0.15) is 35.7 Å². The van der Waals surface area contributed by atoms with Crippen molar-refractivity contribution in [2.45, 2.75) is 33.7 Å². The van der Waals surface area contributed by atoms with E-state index in [4.69, 9.17) is 8.42 Å². The largest absolute Gasteiger partial charge is 0.361 e. The second kappa shape index (κ2) is 8.63. The van der Waals surface area contributed by atoms with Crippen molar-refractivity contribution >= 4 is 27.6 Å². The molecule has 0 aliphatic carbocycles. The lowest BCUT2D eigenvalue weighted by atomic mass is 10.1. The third-order valence-electron chi connectivity index (χ3n) is 3.66. The Morgan fingerprint density at radius 1 is 1.04 bits per heavy atom. The minimum atomic E-state index is -2.62. The molecule has 0 spiro atoms. The molecule has 0 bridgehead atoms. The summed E-state index contributed by atoms with van der Waals surface area (Å²) in [4.78, 5) is 9.08. The van der Waals surface area contributed by atoms with Gasteiger partial charge in [-0.15, -0.1) is 0 Å². The van der Waals surface area contributed by atoms with E-state index in [1.807, 2.05) is 38.1 Å². The molecular weight excluding hydrogens is 352 g/mol. The zero-order valence-corrected chi connectivity index (χ0v) is 16.0. The van der Waals surface area contributed by atoms with Crippen LogP contribution >= 0.6 is 0 Å². The minimum Gasteiger partial charge on any atom is -0.361 e. The van der Waals surface area contributed by atoms with Crippen molar-refractivity contribution < 1.29 is 8.42 Å². The van der Waals surface area contributed by atoms with Crippen LogP contribution in [0.15, 0.2) is 30.3 Å². The number of nitrogens with two attached hydrogens (primary N) is 1. The van der Waals surface area contributed by atoms with Gasteiger partial charge in [-0.25, -0.2) is 23.5 Å². The van der Waals surface area contributed by atoms with Crippen molar-refractivity contribution in [1.29, 1.82) is 0 Å². The standard InChI is InChI=1S/C17H19N5.H3NO2S/c1-10-6-5-7-15-16(10)17(20-13(4)19-15)18-12(3)14-9-8-11(2)21-22-14;1-4(2)3/h5-9,12H,1-4H3,(H,18,19,20);4H,(H2,1,2,3). The second-order valence-corrected chi connectivity index (χ2v) is 6.41. The summed E-state index contributed by atoms with van der Waals surface area (Å²) >= 11 is 0. The number of aryl methyl sites for hydroxylation is 3. The molecule has 0 saturated carbocycles. The number of nitrogens with zero attached hydrogens (tertiary/aromatic N) is 4.